The van der Waals surface area contributed by atoms with E-state index in [0.717, 1.165) is 22.6 Å². The van der Waals surface area contributed by atoms with E-state index in [1.807, 2.05) is 38.1 Å². The number of ether oxygens (including phenoxy) is 1. The molecule has 1 heterocycles. The molecule has 1 N–H and O–H groups in total. The largest absolute Gasteiger partial charge is 0.487 e. The zero-order chi connectivity index (χ0) is 13.1. The Morgan fingerprint density at radius 2 is 2.11 bits per heavy atom. The molecular weight excluding hydrogens is 230 g/mol. The van der Waals surface area contributed by atoms with E-state index in [9.17, 15) is 5.11 Å². The highest BCUT2D eigenvalue weighted by atomic mass is 16.5. The molecule has 4 nitrogen and oxygen atoms in total. The Balaban J connectivity index is 2.15. The SMILES string of the molecule is Cc1ccc(C(C)O)c(OCc2cc(C)on2)c1. The van der Waals surface area contributed by atoms with Gasteiger partial charge in [-0.15, -0.1) is 0 Å². The molecule has 1 atom stereocenters. The first-order chi connectivity index (χ1) is 8.56. The fourth-order valence-corrected chi connectivity index (χ4v) is 1.75. The molecule has 1 aromatic carbocycles. The van der Waals surface area contributed by atoms with Crippen molar-refractivity contribution in [1.82, 2.24) is 5.16 Å². The molecule has 0 spiro atoms. The van der Waals surface area contributed by atoms with Crippen LogP contribution in [0.1, 0.15) is 35.6 Å². The number of hydrogen-bond acceptors (Lipinski definition) is 4. The number of aliphatic hydroxyl groups excluding tert-OH is 1. The number of nitrogens with zero attached hydrogens (tertiary/aromatic N) is 1. The monoisotopic (exact) mass is 247 g/mol. The molecule has 1 aromatic heterocycles. The summed E-state index contributed by atoms with van der Waals surface area (Å²) in [7, 11) is 0. The fourth-order valence-electron chi connectivity index (χ4n) is 1.75. The van der Waals surface area contributed by atoms with E-state index in [1.165, 1.54) is 0 Å². The summed E-state index contributed by atoms with van der Waals surface area (Å²) in [6, 6.07) is 7.57. The molecule has 0 fully saturated rings. The Morgan fingerprint density at radius 1 is 1.33 bits per heavy atom. The van der Waals surface area contributed by atoms with Crippen LogP contribution in [0.3, 0.4) is 0 Å². The fraction of sp³-hybridized carbons (Fsp3) is 0.357. The van der Waals surface area contributed by atoms with Crippen molar-refractivity contribution in [3.05, 3.63) is 46.8 Å². The normalized spacial score (nSPS) is 12.4. The van der Waals surface area contributed by atoms with Crippen LogP contribution < -0.4 is 4.74 Å². The average molecular weight is 247 g/mol. The number of aliphatic hydroxyl groups is 1. The van der Waals surface area contributed by atoms with E-state index in [-0.39, 0.29) is 0 Å². The number of rotatable bonds is 4. The molecule has 0 aliphatic carbocycles. The summed E-state index contributed by atoms with van der Waals surface area (Å²) >= 11 is 0. The lowest BCUT2D eigenvalue weighted by atomic mass is 10.1. The van der Waals surface area contributed by atoms with Gasteiger partial charge in [0, 0.05) is 11.6 Å². The minimum absolute atomic E-state index is 0.334. The van der Waals surface area contributed by atoms with E-state index in [2.05, 4.69) is 5.16 Å². The summed E-state index contributed by atoms with van der Waals surface area (Å²) in [4.78, 5) is 0. The molecule has 1 unspecified atom stereocenters. The van der Waals surface area contributed by atoms with Crippen LogP contribution in [-0.4, -0.2) is 10.3 Å². The van der Waals surface area contributed by atoms with Gasteiger partial charge in [0.05, 0.1) is 6.10 Å². The first kappa shape index (κ1) is 12.6. The van der Waals surface area contributed by atoms with Crippen molar-refractivity contribution in [2.75, 3.05) is 0 Å². The van der Waals surface area contributed by atoms with Crippen molar-refractivity contribution in [3.8, 4) is 5.75 Å². The summed E-state index contributed by atoms with van der Waals surface area (Å²) < 4.78 is 10.7. The first-order valence-electron chi connectivity index (χ1n) is 5.90. The zero-order valence-electron chi connectivity index (χ0n) is 10.8. The molecule has 0 aliphatic rings. The molecular formula is C14H17NO3. The standard InChI is InChI=1S/C14H17NO3/c1-9-4-5-13(11(3)16)14(6-9)17-8-12-7-10(2)18-15-12/h4-7,11,16H,8H2,1-3H3. The van der Waals surface area contributed by atoms with Crippen molar-refractivity contribution in [2.45, 2.75) is 33.5 Å². The summed E-state index contributed by atoms with van der Waals surface area (Å²) in [6.07, 6.45) is -0.556. The molecule has 2 aromatic rings. The molecule has 0 saturated heterocycles. The Morgan fingerprint density at radius 3 is 2.72 bits per heavy atom. The number of hydrogen-bond donors (Lipinski definition) is 1. The summed E-state index contributed by atoms with van der Waals surface area (Å²) in [5, 5.41) is 13.5. The van der Waals surface area contributed by atoms with E-state index in [0.29, 0.717) is 12.4 Å². The van der Waals surface area contributed by atoms with Gasteiger partial charge in [-0.25, -0.2) is 0 Å². The van der Waals surface area contributed by atoms with E-state index in [1.54, 1.807) is 6.92 Å². The highest BCUT2D eigenvalue weighted by Crippen LogP contribution is 2.26. The third kappa shape index (κ3) is 2.90. The van der Waals surface area contributed by atoms with Crippen LogP contribution in [0, 0.1) is 13.8 Å². The second-order valence-electron chi connectivity index (χ2n) is 4.43. The lowest BCUT2D eigenvalue weighted by Gasteiger charge is -2.13. The average Bonchev–Trinajstić information content (AvgIpc) is 2.72. The number of benzene rings is 1. The molecule has 18 heavy (non-hydrogen) atoms. The second-order valence-corrected chi connectivity index (χ2v) is 4.43. The van der Waals surface area contributed by atoms with Gasteiger partial charge in [0.1, 0.15) is 23.8 Å². The predicted octanol–water partition coefficient (Wildman–Crippen LogP) is 2.92. The number of aryl methyl sites for hydroxylation is 2. The lowest BCUT2D eigenvalue weighted by molar-refractivity contribution is 0.189. The Bertz CT molecular complexity index is 532. The van der Waals surface area contributed by atoms with Crippen LogP contribution >= 0.6 is 0 Å². The molecule has 0 radical (unpaired) electrons. The van der Waals surface area contributed by atoms with Gasteiger partial charge in [-0.2, -0.15) is 0 Å². The van der Waals surface area contributed by atoms with E-state index in [4.69, 9.17) is 9.26 Å². The van der Waals surface area contributed by atoms with Gasteiger partial charge in [0.15, 0.2) is 0 Å². The van der Waals surface area contributed by atoms with Gasteiger partial charge in [-0.05, 0) is 32.4 Å². The summed E-state index contributed by atoms with van der Waals surface area (Å²) in [5.41, 5.74) is 2.61. The van der Waals surface area contributed by atoms with Gasteiger partial charge in [-0.1, -0.05) is 17.3 Å². The van der Waals surface area contributed by atoms with Crippen molar-refractivity contribution < 1.29 is 14.4 Å². The van der Waals surface area contributed by atoms with Crippen LogP contribution in [0.25, 0.3) is 0 Å². The van der Waals surface area contributed by atoms with Crippen LogP contribution in [-0.2, 0) is 6.61 Å². The van der Waals surface area contributed by atoms with E-state index >= 15 is 0 Å². The smallest absolute Gasteiger partial charge is 0.134 e. The van der Waals surface area contributed by atoms with Gasteiger partial charge in [-0.3, -0.25) is 0 Å². The molecule has 0 amide bonds. The maximum absolute atomic E-state index is 9.68. The van der Waals surface area contributed by atoms with Crippen LogP contribution in [0.5, 0.6) is 5.75 Å². The van der Waals surface area contributed by atoms with Crippen molar-refractivity contribution in [2.24, 2.45) is 0 Å². The van der Waals surface area contributed by atoms with Crippen molar-refractivity contribution in [3.63, 3.8) is 0 Å². The van der Waals surface area contributed by atoms with Gasteiger partial charge >= 0.3 is 0 Å². The van der Waals surface area contributed by atoms with Crippen molar-refractivity contribution >= 4 is 0 Å². The van der Waals surface area contributed by atoms with E-state index < -0.39 is 6.10 Å². The Labute approximate surface area is 106 Å². The highest BCUT2D eigenvalue weighted by molar-refractivity contribution is 5.38. The summed E-state index contributed by atoms with van der Waals surface area (Å²) in [6.45, 7) is 5.88. The zero-order valence-corrected chi connectivity index (χ0v) is 10.8. The topological polar surface area (TPSA) is 55.5 Å². The van der Waals surface area contributed by atoms with Crippen molar-refractivity contribution in [1.29, 1.82) is 0 Å². The summed E-state index contributed by atoms with van der Waals surface area (Å²) in [5.74, 6) is 1.44. The molecule has 0 bridgehead atoms. The third-order valence-electron chi connectivity index (χ3n) is 2.67. The third-order valence-corrected chi connectivity index (χ3v) is 2.67. The molecule has 4 heteroatoms. The van der Waals surface area contributed by atoms with Gasteiger partial charge in [0.25, 0.3) is 0 Å². The van der Waals surface area contributed by atoms with Crippen LogP contribution in [0.4, 0.5) is 0 Å². The number of aromatic nitrogens is 1. The van der Waals surface area contributed by atoms with Gasteiger partial charge in [0.2, 0.25) is 0 Å². The van der Waals surface area contributed by atoms with Crippen LogP contribution in [0.15, 0.2) is 28.8 Å². The molecule has 0 aliphatic heterocycles. The Kier molecular flexibility index (Phi) is 3.67. The molecule has 0 saturated carbocycles. The highest BCUT2D eigenvalue weighted by Gasteiger charge is 2.10. The quantitative estimate of drug-likeness (QED) is 0.902. The maximum atomic E-state index is 9.68. The molecule has 96 valence electrons. The van der Waals surface area contributed by atoms with Gasteiger partial charge < -0.3 is 14.4 Å². The predicted molar refractivity (Wildman–Crippen MR) is 67.4 cm³/mol. The Hall–Kier alpha value is -1.81. The second kappa shape index (κ2) is 5.23. The minimum atomic E-state index is -0.556. The minimum Gasteiger partial charge on any atom is -0.487 e. The molecule has 2 rings (SSSR count). The first-order valence-corrected chi connectivity index (χ1v) is 5.90. The lowest BCUT2D eigenvalue weighted by Crippen LogP contribution is -2.01. The maximum Gasteiger partial charge on any atom is 0.134 e. The van der Waals surface area contributed by atoms with Crippen LogP contribution in [0.2, 0.25) is 0 Å².